The highest BCUT2D eigenvalue weighted by Crippen LogP contribution is 1.81. The van der Waals surface area contributed by atoms with Crippen molar-refractivity contribution in [1.29, 1.82) is 0 Å². The Bertz CT molecular complexity index is 88.0. The second kappa shape index (κ2) is 3.08. The predicted molar refractivity (Wildman–Crippen MR) is 26.9 cm³/mol. The van der Waals surface area contributed by atoms with Crippen molar-refractivity contribution in [1.82, 2.24) is 5.23 Å². The quantitative estimate of drug-likeness (QED) is 0.373. The van der Waals surface area contributed by atoms with Crippen LogP contribution in [-0.4, -0.2) is 5.23 Å². The first-order chi connectivity index (χ1) is 3.66. The topological polar surface area (TPSA) is 114 Å². The smallest absolute Gasteiger partial charge is 0.111 e. The molecule has 48 valence electrons. The second-order valence-corrected chi connectivity index (χ2v) is 1.02. The van der Waals surface area contributed by atoms with Gasteiger partial charge in [-0.2, -0.15) is 10.8 Å². The molecule has 0 fully saturated rings. The largest absolute Gasteiger partial charge is 0.732 e. The van der Waals surface area contributed by atoms with Crippen LogP contribution in [0.25, 0.3) is 0 Å². The minimum atomic E-state index is -0.162. The molecule has 0 aliphatic heterocycles. The second-order valence-electron chi connectivity index (χ2n) is 1.02. The van der Waals surface area contributed by atoms with Gasteiger partial charge in [0.25, 0.3) is 0 Å². The zero-order chi connectivity index (χ0) is 6.57. The Kier molecular flexibility index (Phi) is 2.70. The summed E-state index contributed by atoms with van der Waals surface area (Å²) in [7, 11) is 0. The summed E-state index contributed by atoms with van der Waals surface area (Å²) in [6, 6.07) is 0. The van der Waals surface area contributed by atoms with Gasteiger partial charge in [0, 0.05) is 0 Å². The van der Waals surface area contributed by atoms with Crippen molar-refractivity contribution in [2.75, 3.05) is 0 Å². The Labute approximate surface area is 46.0 Å². The minimum Gasteiger partial charge on any atom is -0.732 e. The normalized spacial score (nSPS) is 8.25. The van der Waals surface area contributed by atoms with Crippen molar-refractivity contribution in [2.24, 2.45) is 17.4 Å². The van der Waals surface area contributed by atoms with Gasteiger partial charge < -0.3 is 21.9 Å². The Hall–Kier alpha value is -0.980. The van der Waals surface area contributed by atoms with Gasteiger partial charge in [0.2, 0.25) is 0 Å². The van der Waals surface area contributed by atoms with Crippen molar-refractivity contribution >= 4 is 0 Å². The van der Waals surface area contributed by atoms with Crippen LogP contribution in [0.1, 0.15) is 0 Å². The molecule has 0 radical (unpaired) electrons. The van der Waals surface area contributed by atoms with Gasteiger partial charge in [-0.1, -0.05) is 0 Å². The lowest BCUT2D eigenvalue weighted by atomic mass is 10.8. The molecule has 6 heteroatoms. The monoisotopic (exact) mass is 119 g/mol. The van der Waals surface area contributed by atoms with E-state index < -0.39 is 0 Å². The maximum atomic E-state index is 9.96. The number of hydrogen-bond donors (Lipinski definition) is 3. The van der Waals surface area contributed by atoms with E-state index in [1.54, 1.807) is 0 Å². The van der Waals surface area contributed by atoms with Crippen LogP contribution in [0.2, 0.25) is 0 Å². The molecular formula is C2H7N4O2-. The molecule has 0 bridgehead atoms. The molecule has 0 amide bonds. The number of hydroxylamine groups is 2. The standard InChI is InChI=1S/C2H7N4O2/c3-2(4)1-6(7)8-5/h1H,3-5H2/q-1. The van der Waals surface area contributed by atoms with Crippen LogP contribution in [0.4, 0.5) is 0 Å². The molecule has 0 aliphatic carbocycles. The average molecular weight is 119 g/mol. The number of nitrogens with zero attached hydrogens (tertiary/aromatic N) is 1. The van der Waals surface area contributed by atoms with E-state index in [9.17, 15) is 5.21 Å². The van der Waals surface area contributed by atoms with Crippen molar-refractivity contribution in [3.63, 3.8) is 0 Å². The Morgan fingerprint density at radius 3 is 2.25 bits per heavy atom. The van der Waals surface area contributed by atoms with E-state index >= 15 is 0 Å². The van der Waals surface area contributed by atoms with Crippen LogP contribution >= 0.6 is 0 Å². The van der Waals surface area contributed by atoms with E-state index in [0.29, 0.717) is 0 Å². The first-order valence-electron chi connectivity index (χ1n) is 1.73. The van der Waals surface area contributed by atoms with Gasteiger partial charge in [0.1, 0.15) is 5.82 Å². The zero-order valence-corrected chi connectivity index (χ0v) is 4.07. The van der Waals surface area contributed by atoms with Crippen LogP contribution in [0, 0.1) is 5.21 Å². The SMILES string of the molecule is NON([O-])C=C(N)N. The average Bonchev–Trinajstić information content (AvgIpc) is 1.65. The fraction of sp³-hybridized carbons (Fsp3) is 0. The summed E-state index contributed by atoms with van der Waals surface area (Å²) in [6.07, 6.45) is 0.792. The Morgan fingerprint density at radius 2 is 2.12 bits per heavy atom. The lowest BCUT2D eigenvalue weighted by Crippen LogP contribution is -2.19. The molecule has 0 aromatic rings. The first-order valence-corrected chi connectivity index (χ1v) is 1.73. The summed E-state index contributed by atoms with van der Waals surface area (Å²) in [5, 5.41) is 9.90. The van der Waals surface area contributed by atoms with E-state index in [-0.39, 0.29) is 11.0 Å². The van der Waals surface area contributed by atoms with Crippen LogP contribution in [-0.2, 0) is 4.94 Å². The van der Waals surface area contributed by atoms with Gasteiger partial charge in [-0.3, -0.25) is 0 Å². The van der Waals surface area contributed by atoms with Crippen LogP contribution in [0.15, 0.2) is 12.0 Å². The third-order valence-electron chi connectivity index (χ3n) is 0.358. The fourth-order valence-electron chi connectivity index (χ4n) is 0.152. The van der Waals surface area contributed by atoms with E-state index in [0.717, 1.165) is 6.20 Å². The summed E-state index contributed by atoms with van der Waals surface area (Å²) < 4.78 is 0. The Balaban J connectivity index is 3.51. The molecule has 0 aromatic heterocycles. The third-order valence-corrected chi connectivity index (χ3v) is 0.358. The predicted octanol–water partition coefficient (Wildman–Crippen LogP) is -1.69. The zero-order valence-electron chi connectivity index (χ0n) is 4.07. The molecule has 0 saturated heterocycles. The van der Waals surface area contributed by atoms with E-state index in [1.165, 1.54) is 0 Å². The van der Waals surface area contributed by atoms with Crippen LogP contribution < -0.4 is 17.4 Å². The molecule has 6 N–H and O–H groups in total. The summed E-state index contributed by atoms with van der Waals surface area (Å²) in [6.45, 7) is 0. The highest BCUT2D eigenvalue weighted by molar-refractivity contribution is 4.86. The summed E-state index contributed by atoms with van der Waals surface area (Å²) in [5.74, 6) is 4.22. The molecule has 0 heterocycles. The highest BCUT2D eigenvalue weighted by atomic mass is 16.9. The van der Waals surface area contributed by atoms with Gasteiger partial charge in [-0.05, 0) is 0 Å². The minimum absolute atomic E-state index is 0.0602. The molecule has 0 unspecified atom stereocenters. The van der Waals surface area contributed by atoms with Gasteiger partial charge >= 0.3 is 0 Å². The molecule has 0 aromatic carbocycles. The van der Waals surface area contributed by atoms with Gasteiger partial charge in [-0.15, -0.1) is 0 Å². The molecular weight excluding hydrogens is 112 g/mol. The molecule has 8 heavy (non-hydrogen) atoms. The van der Waals surface area contributed by atoms with Crippen LogP contribution in [0.5, 0.6) is 0 Å². The molecule has 6 nitrogen and oxygen atoms in total. The highest BCUT2D eigenvalue weighted by Gasteiger charge is 1.77. The maximum absolute atomic E-state index is 9.96. The van der Waals surface area contributed by atoms with Crippen molar-refractivity contribution in [3.05, 3.63) is 17.2 Å². The number of hydrogen-bond acceptors (Lipinski definition) is 6. The first kappa shape index (κ1) is 7.02. The summed E-state index contributed by atoms with van der Waals surface area (Å²) in [4.78, 5) is 3.60. The third kappa shape index (κ3) is 3.22. The molecule has 0 aliphatic rings. The lowest BCUT2D eigenvalue weighted by Gasteiger charge is -2.20. The summed E-state index contributed by atoms with van der Waals surface area (Å²) in [5.41, 5.74) is 9.66. The van der Waals surface area contributed by atoms with Crippen LogP contribution in [0.3, 0.4) is 0 Å². The van der Waals surface area contributed by atoms with Gasteiger partial charge in [0.05, 0.1) is 6.20 Å². The van der Waals surface area contributed by atoms with E-state index in [4.69, 9.17) is 11.5 Å². The Morgan fingerprint density at radius 1 is 1.62 bits per heavy atom. The van der Waals surface area contributed by atoms with Crippen molar-refractivity contribution < 1.29 is 4.94 Å². The lowest BCUT2D eigenvalue weighted by molar-refractivity contribution is -0.0851. The van der Waals surface area contributed by atoms with Gasteiger partial charge in [-0.25, -0.2) is 0 Å². The summed E-state index contributed by atoms with van der Waals surface area (Å²) >= 11 is 0. The van der Waals surface area contributed by atoms with E-state index in [1.807, 2.05) is 0 Å². The maximum Gasteiger partial charge on any atom is 0.111 e. The number of rotatable bonds is 2. The van der Waals surface area contributed by atoms with Gasteiger partial charge in [0.15, 0.2) is 0 Å². The van der Waals surface area contributed by atoms with Crippen molar-refractivity contribution in [2.45, 2.75) is 0 Å². The van der Waals surface area contributed by atoms with Crippen molar-refractivity contribution in [3.8, 4) is 0 Å². The molecule has 0 spiro atoms. The fourth-order valence-corrected chi connectivity index (χ4v) is 0.152. The molecule has 0 saturated carbocycles. The van der Waals surface area contributed by atoms with E-state index in [2.05, 4.69) is 10.8 Å². The number of nitrogens with two attached hydrogens (primary N) is 3. The molecule has 0 rings (SSSR count). The molecule has 0 atom stereocenters.